The van der Waals surface area contributed by atoms with Crippen LogP contribution in [0.15, 0.2) is 36.4 Å². The summed E-state index contributed by atoms with van der Waals surface area (Å²) in [5.74, 6) is -0.0452. The zero-order chi connectivity index (χ0) is 14.8. The van der Waals surface area contributed by atoms with Gasteiger partial charge >= 0.3 is 0 Å². The molecule has 1 unspecified atom stereocenters. The average molecular weight is 286 g/mol. The molecule has 3 nitrogen and oxygen atoms in total. The van der Waals surface area contributed by atoms with Crippen molar-refractivity contribution in [3.05, 3.63) is 59.2 Å². The summed E-state index contributed by atoms with van der Waals surface area (Å²) < 4.78 is 31.9. The molecule has 5 heteroatoms. The van der Waals surface area contributed by atoms with Crippen LogP contribution in [0.5, 0.6) is 5.75 Å². The van der Waals surface area contributed by atoms with Gasteiger partial charge < -0.3 is 10.1 Å². The fourth-order valence-corrected chi connectivity index (χ4v) is 2.39. The maximum absolute atomic E-state index is 13.1. The van der Waals surface area contributed by atoms with Crippen molar-refractivity contribution in [3.8, 4) is 11.8 Å². The number of nitriles is 1. The third kappa shape index (κ3) is 2.79. The first-order chi connectivity index (χ1) is 10.2. The van der Waals surface area contributed by atoms with Crippen molar-refractivity contribution in [1.82, 2.24) is 0 Å². The van der Waals surface area contributed by atoms with E-state index in [9.17, 15) is 8.78 Å². The number of rotatable bonds is 3. The van der Waals surface area contributed by atoms with Gasteiger partial charge in [-0.1, -0.05) is 0 Å². The number of fused-ring (bicyclic) bond motifs is 1. The van der Waals surface area contributed by atoms with Crippen molar-refractivity contribution < 1.29 is 13.5 Å². The number of ether oxygens (including phenoxy) is 1. The maximum atomic E-state index is 13.1. The van der Waals surface area contributed by atoms with Crippen LogP contribution in [-0.4, -0.2) is 12.6 Å². The molecule has 2 aromatic rings. The third-order valence-electron chi connectivity index (χ3n) is 3.39. The van der Waals surface area contributed by atoms with E-state index in [1.54, 1.807) is 6.07 Å². The van der Waals surface area contributed by atoms with Crippen LogP contribution in [0.3, 0.4) is 0 Å². The standard InChI is InChI=1S/C16H12F2N2O/c17-12-1-3-15(11(6-12)8-19)20-9-14-7-10-5-13(18)2-4-16(10)21-14/h1-6,14,20H,7,9H2. The molecule has 0 aliphatic carbocycles. The number of halogens is 2. The normalized spacial score (nSPS) is 16.0. The number of anilines is 1. The van der Waals surface area contributed by atoms with Gasteiger partial charge in [0.05, 0.1) is 17.8 Å². The molecule has 106 valence electrons. The number of nitrogens with zero attached hydrogens (tertiary/aromatic N) is 1. The molecule has 0 amide bonds. The second-order valence-electron chi connectivity index (χ2n) is 4.88. The van der Waals surface area contributed by atoms with E-state index in [2.05, 4.69) is 5.32 Å². The van der Waals surface area contributed by atoms with Gasteiger partial charge in [0.25, 0.3) is 0 Å². The van der Waals surface area contributed by atoms with Crippen LogP contribution in [0.1, 0.15) is 11.1 Å². The first kappa shape index (κ1) is 13.4. The molecule has 0 spiro atoms. The SMILES string of the molecule is N#Cc1cc(F)ccc1NCC1Cc2cc(F)ccc2O1. The molecule has 1 aliphatic rings. The van der Waals surface area contributed by atoms with Crippen molar-refractivity contribution in [1.29, 1.82) is 5.26 Å². The topological polar surface area (TPSA) is 45.0 Å². The Bertz CT molecular complexity index is 725. The molecule has 1 heterocycles. The second-order valence-corrected chi connectivity index (χ2v) is 4.88. The molecule has 0 radical (unpaired) electrons. The van der Waals surface area contributed by atoms with Gasteiger partial charge in [0.15, 0.2) is 0 Å². The number of hydrogen-bond donors (Lipinski definition) is 1. The fraction of sp³-hybridized carbons (Fsp3) is 0.188. The number of benzene rings is 2. The Morgan fingerprint density at radius 2 is 1.95 bits per heavy atom. The summed E-state index contributed by atoms with van der Waals surface area (Å²) >= 11 is 0. The lowest BCUT2D eigenvalue weighted by Crippen LogP contribution is -2.24. The Hall–Kier alpha value is -2.61. The average Bonchev–Trinajstić information content (AvgIpc) is 2.87. The summed E-state index contributed by atoms with van der Waals surface area (Å²) in [6.07, 6.45) is 0.460. The van der Waals surface area contributed by atoms with Crippen molar-refractivity contribution in [2.45, 2.75) is 12.5 Å². The predicted molar refractivity (Wildman–Crippen MR) is 74.1 cm³/mol. The highest BCUT2D eigenvalue weighted by Gasteiger charge is 2.23. The van der Waals surface area contributed by atoms with Crippen molar-refractivity contribution in [2.24, 2.45) is 0 Å². The summed E-state index contributed by atoms with van der Waals surface area (Å²) in [6.45, 7) is 0.455. The minimum Gasteiger partial charge on any atom is -0.488 e. The minimum atomic E-state index is -0.447. The van der Waals surface area contributed by atoms with E-state index < -0.39 is 5.82 Å². The predicted octanol–water partition coefficient (Wildman–Crippen LogP) is 3.25. The molecular formula is C16H12F2N2O. The highest BCUT2D eigenvalue weighted by molar-refractivity contribution is 5.57. The summed E-state index contributed by atoms with van der Waals surface area (Å²) in [7, 11) is 0. The van der Waals surface area contributed by atoms with Crippen LogP contribution >= 0.6 is 0 Å². The van der Waals surface area contributed by atoms with Crippen LogP contribution in [0.2, 0.25) is 0 Å². The highest BCUT2D eigenvalue weighted by atomic mass is 19.1. The van der Waals surface area contributed by atoms with Gasteiger partial charge in [-0.05, 0) is 36.4 Å². The van der Waals surface area contributed by atoms with Crippen LogP contribution in [0.4, 0.5) is 14.5 Å². The second kappa shape index (κ2) is 5.41. The summed E-state index contributed by atoms with van der Waals surface area (Å²) in [6, 6.07) is 10.4. The third-order valence-corrected chi connectivity index (χ3v) is 3.39. The molecular weight excluding hydrogens is 274 g/mol. The van der Waals surface area contributed by atoms with Crippen LogP contribution in [0.25, 0.3) is 0 Å². The first-order valence-corrected chi connectivity index (χ1v) is 6.54. The molecule has 1 N–H and O–H groups in total. The van der Waals surface area contributed by atoms with E-state index in [0.717, 1.165) is 5.56 Å². The van der Waals surface area contributed by atoms with E-state index >= 15 is 0 Å². The Morgan fingerprint density at radius 1 is 1.19 bits per heavy atom. The van der Waals surface area contributed by atoms with Crippen molar-refractivity contribution in [2.75, 3.05) is 11.9 Å². The largest absolute Gasteiger partial charge is 0.488 e. The monoisotopic (exact) mass is 286 g/mol. The molecule has 0 fully saturated rings. The Morgan fingerprint density at radius 3 is 2.76 bits per heavy atom. The summed E-state index contributed by atoms with van der Waals surface area (Å²) in [4.78, 5) is 0. The first-order valence-electron chi connectivity index (χ1n) is 6.54. The van der Waals surface area contributed by atoms with E-state index in [4.69, 9.17) is 10.00 Å². The van der Waals surface area contributed by atoms with Crippen molar-refractivity contribution >= 4 is 5.69 Å². The van der Waals surface area contributed by atoms with Crippen molar-refractivity contribution in [3.63, 3.8) is 0 Å². The smallest absolute Gasteiger partial charge is 0.124 e. The molecule has 1 atom stereocenters. The van der Waals surface area contributed by atoms with Gasteiger partial charge in [0.2, 0.25) is 0 Å². The minimum absolute atomic E-state index is 0.140. The fourth-order valence-electron chi connectivity index (χ4n) is 2.39. The van der Waals surface area contributed by atoms with Gasteiger partial charge in [-0.25, -0.2) is 8.78 Å². The van der Waals surface area contributed by atoms with Gasteiger partial charge in [-0.15, -0.1) is 0 Å². The lowest BCUT2D eigenvalue weighted by molar-refractivity contribution is 0.246. The zero-order valence-electron chi connectivity index (χ0n) is 11.1. The summed E-state index contributed by atoms with van der Waals surface area (Å²) in [5, 5.41) is 12.1. The van der Waals surface area contributed by atoms with E-state index in [1.165, 1.54) is 30.3 Å². The van der Waals surface area contributed by atoms with E-state index in [1.807, 2.05) is 6.07 Å². The maximum Gasteiger partial charge on any atom is 0.124 e. The molecule has 2 aromatic carbocycles. The number of hydrogen-bond acceptors (Lipinski definition) is 3. The van der Waals surface area contributed by atoms with Gasteiger partial charge in [0, 0.05) is 12.0 Å². The Balaban J connectivity index is 1.67. The van der Waals surface area contributed by atoms with E-state index in [-0.39, 0.29) is 17.5 Å². The molecule has 0 aromatic heterocycles. The molecule has 0 bridgehead atoms. The van der Waals surface area contributed by atoms with Crippen LogP contribution < -0.4 is 10.1 Å². The lowest BCUT2D eigenvalue weighted by Gasteiger charge is -2.13. The zero-order valence-corrected chi connectivity index (χ0v) is 11.1. The number of nitrogens with one attached hydrogen (secondary N) is 1. The van der Waals surface area contributed by atoms with Gasteiger partial charge in [-0.2, -0.15) is 5.26 Å². The lowest BCUT2D eigenvalue weighted by atomic mass is 10.1. The molecule has 21 heavy (non-hydrogen) atoms. The molecule has 3 rings (SSSR count). The van der Waals surface area contributed by atoms with E-state index in [0.29, 0.717) is 24.4 Å². The Kier molecular flexibility index (Phi) is 3.44. The van der Waals surface area contributed by atoms with Crippen LogP contribution in [0, 0.1) is 23.0 Å². The molecule has 0 saturated heterocycles. The molecule has 1 aliphatic heterocycles. The highest BCUT2D eigenvalue weighted by Crippen LogP contribution is 2.29. The quantitative estimate of drug-likeness (QED) is 0.942. The van der Waals surface area contributed by atoms with Gasteiger partial charge in [-0.3, -0.25) is 0 Å². The summed E-state index contributed by atoms with van der Waals surface area (Å²) in [5.41, 5.74) is 1.64. The van der Waals surface area contributed by atoms with Gasteiger partial charge in [0.1, 0.15) is 29.6 Å². The molecule has 0 saturated carbocycles. The Labute approximate surface area is 120 Å². The van der Waals surface area contributed by atoms with Crippen LogP contribution in [-0.2, 0) is 6.42 Å².